The van der Waals surface area contributed by atoms with Gasteiger partial charge in [-0.1, -0.05) is 50.6 Å². The van der Waals surface area contributed by atoms with Gasteiger partial charge in [-0.15, -0.1) is 0 Å². The SMILES string of the molecule is CC(C)(C)[C@H](N)C(=O)Nc1ccc(CN2C(=O)Cc3ccc(Cl)cc32)cc1. The fraction of sp³-hybridized carbons (Fsp3) is 0.333. The first-order chi connectivity index (χ1) is 12.6. The van der Waals surface area contributed by atoms with Crippen LogP contribution in [0.1, 0.15) is 31.9 Å². The van der Waals surface area contributed by atoms with Gasteiger partial charge in [0.15, 0.2) is 0 Å². The molecule has 0 fully saturated rings. The molecule has 0 saturated heterocycles. The van der Waals surface area contributed by atoms with Crippen LogP contribution in [0, 0.1) is 5.41 Å². The summed E-state index contributed by atoms with van der Waals surface area (Å²) in [5.41, 5.74) is 9.18. The van der Waals surface area contributed by atoms with Crippen LogP contribution in [0.2, 0.25) is 5.02 Å². The second-order valence-corrected chi connectivity index (χ2v) is 8.40. The summed E-state index contributed by atoms with van der Waals surface area (Å²) in [6.07, 6.45) is 0.394. The predicted molar refractivity (Wildman–Crippen MR) is 109 cm³/mol. The average molecular weight is 386 g/mol. The summed E-state index contributed by atoms with van der Waals surface area (Å²) in [5.74, 6) is -0.158. The Kier molecular flexibility index (Phi) is 5.27. The number of anilines is 2. The van der Waals surface area contributed by atoms with Crippen molar-refractivity contribution in [3.8, 4) is 0 Å². The minimum atomic E-state index is -0.597. The summed E-state index contributed by atoms with van der Waals surface area (Å²) < 4.78 is 0. The van der Waals surface area contributed by atoms with Crippen molar-refractivity contribution in [3.63, 3.8) is 0 Å². The van der Waals surface area contributed by atoms with E-state index in [1.54, 1.807) is 11.0 Å². The van der Waals surface area contributed by atoms with Crippen molar-refractivity contribution in [2.75, 3.05) is 10.2 Å². The molecule has 1 aliphatic heterocycles. The van der Waals surface area contributed by atoms with Crippen LogP contribution in [-0.4, -0.2) is 17.9 Å². The third-order valence-corrected chi connectivity index (χ3v) is 4.99. The molecular weight excluding hydrogens is 362 g/mol. The monoisotopic (exact) mass is 385 g/mol. The Morgan fingerprint density at radius 2 is 1.89 bits per heavy atom. The van der Waals surface area contributed by atoms with Crippen LogP contribution in [0.25, 0.3) is 0 Å². The zero-order valence-electron chi connectivity index (χ0n) is 15.8. The van der Waals surface area contributed by atoms with Crippen LogP contribution < -0.4 is 16.0 Å². The molecule has 2 amide bonds. The van der Waals surface area contributed by atoms with Crippen LogP contribution in [0.4, 0.5) is 11.4 Å². The Labute approximate surface area is 164 Å². The lowest BCUT2D eigenvalue weighted by Gasteiger charge is -2.25. The zero-order chi connectivity index (χ0) is 19.8. The number of hydrogen-bond acceptors (Lipinski definition) is 3. The van der Waals surface area contributed by atoms with Crippen molar-refractivity contribution < 1.29 is 9.59 Å². The van der Waals surface area contributed by atoms with Crippen LogP contribution in [-0.2, 0) is 22.6 Å². The maximum absolute atomic E-state index is 12.3. The Morgan fingerprint density at radius 3 is 2.52 bits per heavy atom. The first kappa shape index (κ1) is 19.4. The van der Waals surface area contributed by atoms with Crippen LogP contribution in [0.5, 0.6) is 0 Å². The van der Waals surface area contributed by atoms with E-state index in [1.165, 1.54) is 0 Å². The summed E-state index contributed by atoms with van der Waals surface area (Å²) in [7, 11) is 0. The summed E-state index contributed by atoms with van der Waals surface area (Å²) in [5, 5.41) is 3.45. The van der Waals surface area contributed by atoms with Gasteiger partial charge in [0.1, 0.15) is 0 Å². The Hall–Kier alpha value is -2.37. The van der Waals surface area contributed by atoms with Gasteiger partial charge in [-0.3, -0.25) is 9.59 Å². The zero-order valence-corrected chi connectivity index (χ0v) is 16.5. The number of amides is 2. The van der Waals surface area contributed by atoms with Gasteiger partial charge in [-0.25, -0.2) is 0 Å². The first-order valence-electron chi connectivity index (χ1n) is 8.89. The van der Waals surface area contributed by atoms with E-state index in [1.807, 2.05) is 57.2 Å². The number of benzene rings is 2. The van der Waals surface area contributed by atoms with E-state index in [-0.39, 0.29) is 17.2 Å². The predicted octanol–water partition coefficient (Wildman–Crippen LogP) is 3.74. The van der Waals surface area contributed by atoms with E-state index in [2.05, 4.69) is 5.32 Å². The largest absolute Gasteiger partial charge is 0.325 e. The molecular formula is C21H24ClN3O2. The van der Waals surface area contributed by atoms with E-state index in [0.717, 1.165) is 16.8 Å². The number of rotatable bonds is 4. The van der Waals surface area contributed by atoms with Gasteiger partial charge in [-0.05, 0) is 40.8 Å². The molecule has 1 aliphatic rings. The number of carbonyl (C=O) groups is 2. The number of halogens is 1. The van der Waals surface area contributed by atoms with Crippen molar-refractivity contribution in [3.05, 3.63) is 58.6 Å². The van der Waals surface area contributed by atoms with Gasteiger partial charge in [-0.2, -0.15) is 0 Å². The molecule has 5 nitrogen and oxygen atoms in total. The fourth-order valence-corrected chi connectivity index (χ4v) is 3.16. The summed E-state index contributed by atoms with van der Waals surface area (Å²) in [6, 6.07) is 12.4. The third kappa shape index (κ3) is 4.31. The van der Waals surface area contributed by atoms with Crippen molar-refractivity contribution in [1.82, 2.24) is 0 Å². The van der Waals surface area contributed by atoms with Crippen molar-refractivity contribution in [2.45, 2.75) is 39.8 Å². The topological polar surface area (TPSA) is 75.4 Å². The number of nitrogens with one attached hydrogen (secondary N) is 1. The van der Waals surface area contributed by atoms with Crippen LogP contribution >= 0.6 is 11.6 Å². The highest BCUT2D eigenvalue weighted by Crippen LogP contribution is 2.32. The maximum atomic E-state index is 12.3. The highest BCUT2D eigenvalue weighted by molar-refractivity contribution is 6.31. The van der Waals surface area contributed by atoms with Gasteiger partial charge < -0.3 is 16.0 Å². The van der Waals surface area contributed by atoms with Crippen molar-refractivity contribution in [2.24, 2.45) is 11.1 Å². The van der Waals surface area contributed by atoms with Gasteiger partial charge in [0.25, 0.3) is 0 Å². The summed E-state index contributed by atoms with van der Waals surface area (Å²) in [4.78, 5) is 26.3. The van der Waals surface area contributed by atoms with Crippen LogP contribution in [0.3, 0.4) is 0 Å². The highest BCUT2D eigenvalue weighted by Gasteiger charge is 2.28. The normalized spacial score (nSPS) is 14.9. The molecule has 27 heavy (non-hydrogen) atoms. The molecule has 3 rings (SSSR count). The molecule has 0 aliphatic carbocycles. The van der Waals surface area contributed by atoms with Crippen molar-refractivity contribution in [1.29, 1.82) is 0 Å². The second-order valence-electron chi connectivity index (χ2n) is 7.96. The van der Waals surface area contributed by atoms with E-state index in [9.17, 15) is 9.59 Å². The van der Waals surface area contributed by atoms with E-state index in [0.29, 0.717) is 23.7 Å². The third-order valence-electron chi connectivity index (χ3n) is 4.76. The van der Waals surface area contributed by atoms with E-state index < -0.39 is 6.04 Å². The molecule has 0 saturated carbocycles. The fourth-order valence-electron chi connectivity index (χ4n) is 2.99. The molecule has 0 bridgehead atoms. The molecule has 0 spiro atoms. The number of nitrogens with two attached hydrogens (primary N) is 1. The number of carbonyl (C=O) groups excluding carboxylic acids is 2. The summed E-state index contributed by atoms with van der Waals surface area (Å²) >= 11 is 6.08. The molecule has 142 valence electrons. The van der Waals surface area contributed by atoms with Gasteiger partial charge in [0, 0.05) is 16.4 Å². The molecule has 0 unspecified atom stereocenters. The Bertz CT molecular complexity index is 872. The van der Waals surface area contributed by atoms with Crippen LogP contribution in [0.15, 0.2) is 42.5 Å². The molecule has 0 aromatic heterocycles. The highest BCUT2D eigenvalue weighted by atomic mass is 35.5. The Morgan fingerprint density at radius 1 is 1.22 bits per heavy atom. The maximum Gasteiger partial charge on any atom is 0.241 e. The number of fused-ring (bicyclic) bond motifs is 1. The standard InChI is InChI=1S/C21H24ClN3O2/c1-21(2,3)19(23)20(27)24-16-8-4-13(5-9-16)12-25-17-11-15(22)7-6-14(17)10-18(25)26/h4-9,11,19H,10,12,23H2,1-3H3,(H,24,27)/t19-/m1/s1. The molecule has 1 atom stereocenters. The van der Waals surface area contributed by atoms with Gasteiger partial charge in [0.05, 0.1) is 19.0 Å². The molecule has 2 aromatic rings. The lowest BCUT2D eigenvalue weighted by Crippen LogP contribution is -2.45. The van der Waals surface area contributed by atoms with E-state index in [4.69, 9.17) is 17.3 Å². The van der Waals surface area contributed by atoms with E-state index >= 15 is 0 Å². The smallest absolute Gasteiger partial charge is 0.241 e. The molecule has 2 aromatic carbocycles. The van der Waals surface area contributed by atoms with Gasteiger partial charge in [0.2, 0.25) is 11.8 Å². The molecule has 1 heterocycles. The number of hydrogen-bond donors (Lipinski definition) is 2. The quantitative estimate of drug-likeness (QED) is 0.841. The molecule has 3 N–H and O–H groups in total. The lowest BCUT2D eigenvalue weighted by atomic mass is 9.87. The minimum Gasteiger partial charge on any atom is -0.325 e. The molecule has 0 radical (unpaired) electrons. The first-order valence-corrected chi connectivity index (χ1v) is 9.27. The lowest BCUT2D eigenvalue weighted by molar-refractivity contribution is -0.119. The summed E-state index contributed by atoms with van der Waals surface area (Å²) in [6.45, 7) is 6.24. The average Bonchev–Trinajstić information content (AvgIpc) is 2.90. The van der Waals surface area contributed by atoms with Gasteiger partial charge >= 0.3 is 0 Å². The second kappa shape index (κ2) is 7.33. The Balaban J connectivity index is 1.69. The molecule has 6 heteroatoms. The van der Waals surface area contributed by atoms with Crippen molar-refractivity contribution >= 4 is 34.8 Å². The number of nitrogens with zero attached hydrogens (tertiary/aromatic N) is 1. The minimum absolute atomic E-state index is 0.0563.